The van der Waals surface area contributed by atoms with Crippen LogP contribution in [0.15, 0.2) is 24.3 Å². The van der Waals surface area contributed by atoms with Gasteiger partial charge in [-0.15, -0.1) is 0 Å². The van der Waals surface area contributed by atoms with Crippen LogP contribution in [-0.4, -0.2) is 36.3 Å². The lowest BCUT2D eigenvalue weighted by Gasteiger charge is -2.35. The van der Waals surface area contributed by atoms with Crippen molar-refractivity contribution in [3.63, 3.8) is 0 Å². The van der Waals surface area contributed by atoms with E-state index in [1.807, 2.05) is 0 Å². The molecule has 2 aliphatic rings. The summed E-state index contributed by atoms with van der Waals surface area (Å²) in [5.41, 5.74) is 0.735. The summed E-state index contributed by atoms with van der Waals surface area (Å²) in [5, 5.41) is 0.623. The fourth-order valence-electron chi connectivity index (χ4n) is 3.22. The molecule has 1 aromatic carbocycles. The first-order chi connectivity index (χ1) is 10.1. The maximum absolute atomic E-state index is 12.3. The van der Waals surface area contributed by atoms with Crippen LogP contribution in [0.3, 0.4) is 0 Å². The zero-order valence-corrected chi connectivity index (χ0v) is 12.7. The molecule has 2 amide bonds. The molecule has 1 saturated heterocycles. The Bertz CT molecular complexity index is 538. The Labute approximate surface area is 129 Å². The van der Waals surface area contributed by atoms with E-state index in [1.165, 1.54) is 25.7 Å². The minimum absolute atomic E-state index is 0.372. The van der Waals surface area contributed by atoms with E-state index in [9.17, 15) is 9.59 Å². The second kappa shape index (κ2) is 6.06. The molecule has 112 valence electrons. The molecule has 1 aliphatic heterocycles. The average molecular weight is 307 g/mol. The molecule has 0 unspecified atom stereocenters. The zero-order chi connectivity index (χ0) is 14.8. The smallest absolute Gasteiger partial charge is 0.316 e. The van der Waals surface area contributed by atoms with Gasteiger partial charge < -0.3 is 9.80 Å². The Morgan fingerprint density at radius 2 is 1.67 bits per heavy atom. The highest BCUT2D eigenvalue weighted by Crippen LogP contribution is 2.27. The second-order valence-electron chi connectivity index (χ2n) is 5.83. The quantitative estimate of drug-likeness (QED) is 0.806. The van der Waals surface area contributed by atoms with E-state index < -0.39 is 5.91 Å². The summed E-state index contributed by atoms with van der Waals surface area (Å²) in [4.78, 5) is 27.8. The van der Waals surface area contributed by atoms with Crippen LogP contribution in [0.2, 0.25) is 5.02 Å². The van der Waals surface area contributed by atoms with Crippen LogP contribution in [0.4, 0.5) is 5.69 Å². The molecule has 1 heterocycles. The SMILES string of the molecule is O=C1C(=O)N(c2ccc(Cl)cc2)CCN1CC1CCCC1. The first-order valence-corrected chi connectivity index (χ1v) is 7.89. The normalized spacial score (nSPS) is 20.4. The number of carbonyl (C=O) groups excluding carboxylic acids is 2. The lowest BCUT2D eigenvalue weighted by atomic mass is 10.1. The van der Waals surface area contributed by atoms with Crippen molar-refractivity contribution in [3.8, 4) is 0 Å². The van der Waals surface area contributed by atoms with E-state index in [1.54, 1.807) is 34.1 Å². The number of halogens is 1. The van der Waals surface area contributed by atoms with Crippen LogP contribution in [-0.2, 0) is 9.59 Å². The van der Waals surface area contributed by atoms with E-state index >= 15 is 0 Å². The second-order valence-corrected chi connectivity index (χ2v) is 6.27. The van der Waals surface area contributed by atoms with Crippen molar-refractivity contribution in [2.24, 2.45) is 5.92 Å². The molecular formula is C16H19ClN2O2. The first-order valence-electron chi connectivity index (χ1n) is 7.51. The van der Waals surface area contributed by atoms with Crippen molar-refractivity contribution >= 4 is 29.1 Å². The van der Waals surface area contributed by atoms with Gasteiger partial charge in [-0.05, 0) is 43.0 Å². The standard InChI is InChI=1S/C16H19ClN2O2/c17-13-5-7-14(8-6-13)19-10-9-18(15(20)16(19)21)11-12-3-1-2-4-12/h5-8,12H,1-4,9-11H2. The maximum Gasteiger partial charge on any atom is 0.316 e. The molecule has 2 fully saturated rings. The average Bonchev–Trinajstić information content (AvgIpc) is 2.98. The van der Waals surface area contributed by atoms with Gasteiger partial charge in [0.25, 0.3) is 0 Å². The summed E-state index contributed by atoms with van der Waals surface area (Å²) in [6.07, 6.45) is 4.85. The predicted molar refractivity (Wildman–Crippen MR) is 82.3 cm³/mol. The third-order valence-corrected chi connectivity index (χ3v) is 4.65. The minimum atomic E-state index is -0.429. The van der Waals surface area contributed by atoms with Crippen molar-refractivity contribution in [2.45, 2.75) is 25.7 Å². The molecule has 21 heavy (non-hydrogen) atoms. The molecular weight excluding hydrogens is 288 g/mol. The van der Waals surface area contributed by atoms with Gasteiger partial charge in [0.15, 0.2) is 0 Å². The number of piperazine rings is 1. The summed E-state index contributed by atoms with van der Waals surface area (Å²) in [5.74, 6) is -0.228. The van der Waals surface area contributed by atoms with Crippen molar-refractivity contribution in [3.05, 3.63) is 29.3 Å². The summed E-state index contributed by atoms with van der Waals surface area (Å²) in [6, 6.07) is 7.03. The zero-order valence-electron chi connectivity index (χ0n) is 11.9. The number of benzene rings is 1. The largest absolute Gasteiger partial charge is 0.332 e. The number of rotatable bonds is 3. The molecule has 1 saturated carbocycles. The lowest BCUT2D eigenvalue weighted by molar-refractivity contribution is -0.146. The molecule has 5 heteroatoms. The van der Waals surface area contributed by atoms with Crippen molar-refractivity contribution in [1.82, 2.24) is 4.90 Å². The maximum atomic E-state index is 12.3. The van der Waals surface area contributed by atoms with E-state index in [4.69, 9.17) is 11.6 Å². The highest BCUT2D eigenvalue weighted by Gasteiger charge is 2.34. The Kier molecular flexibility index (Phi) is 4.15. The van der Waals surface area contributed by atoms with Crippen LogP contribution in [0.25, 0.3) is 0 Å². The van der Waals surface area contributed by atoms with Gasteiger partial charge in [-0.3, -0.25) is 9.59 Å². The van der Waals surface area contributed by atoms with E-state index in [0.29, 0.717) is 24.0 Å². The molecule has 4 nitrogen and oxygen atoms in total. The van der Waals surface area contributed by atoms with Gasteiger partial charge >= 0.3 is 11.8 Å². The Morgan fingerprint density at radius 3 is 2.33 bits per heavy atom. The van der Waals surface area contributed by atoms with Crippen LogP contribution < -0.4 is 4.90 Å². The molecule has 0 bridgehead atoms. The molecule has 1 aromatic rings. The van der Waals surface area contributed by atoms with E-state index in [-0.39, 0.29) is 5.91 Å². The highest BCUT2D eigenvalue weighted by atomic mass is 35.5. The van der Waals surface area contributed by atoms with Gasteiger partial charge in [0.2, 0.25) is 0 Å². The summed E-state index contributed by atoms with van der Waals surface area (Å²) in [7, 11) is 0. The van der Waals surface area contributed by atoms with Crippen molar-refractivity contribution in [2.75, 3.05) is 24.5 Å². The lowest BCUT2D eigenvalue weighted by Crippen LogP contribution is -2.55. The van der Waals surface area contributed by atoms with E-state index in [2.05, 4.69) is 0 Å². The van der Waals surface area contributed by atoms with Crippen molar-refractivity contribution in [1.29, 1.82) is 0 Å². The molecule has 0 radical (unpaired) electrons. The molecule has 0 aromatic heterocycles. The van der Waals surface area contributed by atoms with Crippen LogP contribution in [0.5, 0.6) is 0 Å². The van der Waals surface area contributed by atoms with Crippen LogP contribution >= 0.6 is 11.6 Å². The van der Waals surface area contributed by atoms with Crippen LogP contribution in [0.1, 0.15) is 25.7 Å². The number of carbonyl (C=O) groups is 2. The Hall–Kier alpha value is -1.55. The third-order valence-electron chi connectivity index (χ3n) is 4.40. The van der Waals surface area contributed by atoms with Crippen LogP contribution in [0, 0.1) is 5.92 Å². The molecule has 0 N–H and O–H groups in total. The Balaban J connectivity index is 1.67. The predicted octanol–water partition coefficient (Wildman–Crippen LogP) is 2.71. The number of nitrogens with zero attached hydrogens (tertiary/aromatic N) is 2. The summed E-state index contributed by atoms with van der Waals surface area (Å²) in [6.45, 7) is 1.90. The fraction of sp³-hybridized carbons (Fsp3) is 0.500. The minimum Gasteiger partial charge on any atom is -0.332 e. The first kappa shape index (κ1) is 14.4. The van der Waals surface area contributed by atoms with E-state index in [0.717, 1.165) is 12.2 Å². The monoisotopic (exact) mass is 306 g/mol. The molecule has 3 rings (SSSR count). The topological polar surface area (TPSA) is 40.6 Å². The Morgan fingerprint density at radius 1 is 1.00 bits per heavy atom. The van der Waals surface area contributed by atoms with Crippen molar-refractivity contribution < 1.29 is 9.59 Å². The van der Waals surface area contributed by atoms with Gasteiger partial charge in [0.05, 0.1) is 0 Å². The van der Waals surface area contributed by atoms with Gasteiger partial charge in [0, 0.05) is 30.3 Å². The summed E-state index contributed by atoms with van der Waals surface area (Å²) >= 11 is 5.86. The molecule has 0 spiro atoms. The number of amides is 2. The summed E-state index contributed by atoms with van der Waals surface area (Å²) < 4.78 is 0. The third kappa shape index (κ3) is 3.05. The van der Waals surface area contributed by atoms with Gasteiger partial charge in [0.1, 0.15) is 0 Å². The highest BCUT2D eigenvalue weighted by molar-refractivity contribution is 6.41. The van der Waals surface area contributed by atoms with Gasteiger partial charge in [-0.2, -0.15) is 0 Å². The molecule has 0 atom stereocenters. The van der Waals surface area contributed by atoms with Gasteiger partial charge in [-0.25, -0.2) is 0 Å². The number of hydrogen-bond donors (Lipinski definition) is 0. The number of anilines is 1. The van der Waals surface area contributed by atoms with Gasteiger partial charge in [-0.1, -0.05) is 24.4 Å². The molecule has 1 aliphatic carbocycles. The fourth-order valence-corrected chi connectivity index (χ4v) is 3.35. The number of hydrogen-bond acceptors (Lipinski definition) is 2.